The van der Waals surface area contributed by atoms with Crippen LogP contribution in [0.15, 0.2) is 36.4 Å². The highest BCUT2D eigenvalue weighted by Crippen LogP contribution is 2.49. The summed E-state index contributed by atoms with van der Waals surface area (Å²) in [5.41, 5.74) is 3.21. The highest BCUT2D eigenvalue weighted by atomic mass is 16.1. The number of rotatable bonds is 3. The normalized spacial score (nSPS) is 34.0. The molecule has 2 fully saturated rings. The molecule has 1 saturated heterocycles. The molecule has 2 unspecified atom stereocenters. The van der Waals surface area contributed by atoms with Crippen LogP contribution in [0.1, 0.15) is 62.6 Å². The summed E-state index contributed by atoms with van der Waals surface area (Å²) < 4.78 is 0. The van der Waals surface area contributed by atoms with Crippen molar-refractivity contribution in [2.45, 2.75) is 56.9 Å². The van der Waals surface area contributed by atoms with E-state index < -0.39 is 0 Å². The summed E-state index contributed by atoms with van der Waals surface area (Å²) in [5.74, 6) is 2.73. The molecule has 1 aliphatic heterocycles. The van der Waals surface area contributed by atoms with Gasteiger partial charge < -0.3 is 10.2 Å². The first kappa shape index (κ1) is 17.5. The lowest BCUT2D eigenvalue weighted by molar-refractivity contribution is -0.119. The monoisotopic (exact) mass is 364 g/mol. The maximum atomic E-state index is 11.6. The highest BCUT2D eigenvalue weighted by Gasteiger charge is 2.43. The third-order valence-corrected chi connectivity index (χ3v) is 7.92. The zero-order valence-electron chi connectivity index (χ0n) is 16.5. The first-order chi connectivity index (χ1) is 13.1. The summed E-state index contributed by atoms with van der Waals surface area (Å²) in [7, 11) is 0. The van der Waals surface area contributed by atoms with Crippen LogP contribution in [0.3, 0.4) is 0 Å². The molecule has 0 aromatic heterocycles. The van der Waals surface area contributed by atoms with Gasteiger partial charge in [0, 0.05) is 13.5 Å². The molecule has 3 heteroatoms. The van der Waals surface area contributed by atoms with Crippen LogP contribution in [0.25, 0.3) is 0 Å². The van der Waals surface area contributed by atoms with Crippen molar-refractivity contribution in [2.24, 2.45) is 17.8 Å². The first-order valence-corrected chi connectivity index (χ1v) is 10.9. The maximum absolute atomic E-state index is 11.6. The topological polar surface area (TPSA) is 32.3 Å². The Morgan fingerprint density at radius 2 is 1.96 bits per heavy atom. The van der Waals surface area contributed by atoms with Crippen LogP contribution in [-0.4, -0.2) is 30.4 Å². The van der Waals surface area contributed by atoms with Gasteiger partial charge in [-0.1, -0.05) is 36.4 Å². The Balaban J connectivity index is 1.28. The molecule has 1 aromatic carbocycles. The summed E-state index contributed by atoms with van der Waals surface area (Å²) in [4.78, 5) is 14.4. The van der Waals surface area contributed by atoms with Crippen molar-refractivity contribution < 1.29 is 4.79 Å². The Morgan fingerprint density at radius 3 is 2.67 bits per heavy atom. The summed E-state index contributed by atoms with van der Waals surface area (Å²) in [6, 6.07) is 9.09. The number of allylic oxidation sites excluding steroid dienone is 2. The molecule has 3 nitrogen and oxygen atoms in total. The molecule has 5 rings (SSSR count). The highest BCUT2D eigenvalue weighted by molar-refractivity contribution is 5.73. The quantitative estimate of drug-likeness (QED) is 0.815. The third kappa shape index (κ3) is 3.14. The van der Waals surface area contributed by atoms with E-state index in [2.05, 4.69) is 46.6 Å². The van der Waals surface area contributed by atoms with Gasteiger partial charge in [-0.15, -0.1) is 0 Å². The van der Waals surface area contributed by atoms with Gasteiger partial charge in [0.25, 0.3) is 0 Å². The van der Waals surface area contributed by atoms with E-state index in [9.17, 15) is 4.79 Å². The number of likely N-dealkylation sites (tertiary alicyclic amines) is 1. The van der Waals surface area contributed by atoms with Crippen LogP contribution in [0.2, 0.25) is 0 Å². The minimum absolute atomic E-state index is 0.0838. The number of nitrogens with one attached hydrogen (secondary N) is 1. The van der Waals surface area contributed by atoms with Crippen LogP contribution in [0, 0.1) is 17.8 Å². The van der Waals surface area contributed by atoms with Crippen LogP contribution in [-0.2, 0) is 10.2 Å². The largest absolute Gasteiger partial charge is 0.350 e. The van der Waals surface area contributed by atoms with E-state index >= 15 is 0 Å². The number of piperidine rings is 1. The van der Waals surface area contributed by atoms with Gasteiger partial charge in [0.05, 0.1) is 6.04 Å². The minimum atomic E-state index is 0.0838. The Kier molecular flexibility index (Phi) is 4.39. The molecule has 2 bridgehead atoms. The van der Waals surface area contributed by atoms with Crippen molar-refractivity contribution in [3.8, 4) is 0 Å². The average molecular weight is 365 g/mol. The number of hydrogen-bond acceptors (Lipinski definition) is 2. The van der Waals surface area contributed by atoms with E-state index in [1.54, 1.807) is 6.92 Å². The van der Waals surface area contributed by atoms with Crippen LogP contribution in [0.5, 0.6) is 0 Å². The Morgan fingerprint density at radius 1 is 1.15 bits per heavy atom. The van der Waals surface area contributed by atoms with Crippen molar-refractivity contribution in [1.82, 2.24) is 10.2 Å². The molecule has 3 aliphatic carbocycles. The van der Waals surface area contributed by atoms with Gasteiger partial charge in [0.1, 0.15) is 0 Å². The van der Waals surface area contributed by atoms with Crippen molar-refractivity contribution in [3.05, 3.63) is 47.5 Å². The Hall–Kier alpha value is -1.61. The van der Waals surface area contributed by atoms with Gasteiger partial charge in [-0.05, 0) is 85.9 Å². The second-order valence-corrected chi connectivity index (χ2v) is 9.50. The van der Waals surface area contributed by atoms with Gasteiger partial charge in [-0.2, -0.15) is 0 Å². The maximum Gasteiger partial charge on any atom is 0.217 e. The molecule has 1 heterocycles. The predicted octanol–water partition coefficient (Wildman–Crippen LogP) is 4.20. The van der Waals surface area contributed by atoms with Crippen LogP contribution < -0.4 is 5.32 Å². The fraction of sp³-hybridized carbons (Fsp3) is 0.625. The lowest BCUT2D eigenvalue weighted by atomic mass is 9.63. The number of carbonyl (C=O) groups is 1. The van der Waals surface area contributed by atoms with E-state index in [1.807, 2.05) is 0 Å². The lowest BCUT2D eigenvalue weighted by Crippen LogP contribution is -2.47. The van der Waals surface area contributed by atoms with E-state index in [0.29, 0.717) is 5.41 Å². The van der Waals surface area contributed by atoms with Gasteiger partial charge in [0.2, 0.25) is 5.91 Å². The second kappa shape index (κ2) is 6.77. The fourth-order valence-corrected chi connectivity index (χ4v) is 6.51. The smallest absolute Gasteiger partial charge is 0.217 e. The predicted molar refractivity (Wildman–Crippen MR) is 108 cm³/mol. The summed E-state index contributed by atoms with van der Waals surface area (Å²) in [5, 5.41) is 3.18. The van der Waals surface area contributed by atoms with E-state index in [-0.39, 0.29) is 11.9 Å². The first-order valence-electron chi connectivity index (χ1n) is 10.9. The van der Waals surface area contributed by atoms with Crippen molar-refractivity contribution >= 4 is 5.91 Å². The van der Waals surface area contributed by atoms with Gasteiger partial charge in [-0.25, -0.2) is 0 Å². The molecule has 1 N–H and O–H groups in total. The molecular formula is C24H32N2O. The summed E-state index contributed by atoms with van der Waals surface area (Å²) >= 11 is 0. The van der Waals surface area contributed by atoms with Gasteiger partial charge >= 0.3 is 0 Å². The number of hydrogen-bond donors (Lipinski definition) is 1. The van der Waals surface area contributed by atoms with Crippen molar-refractivity contribution in [3.63, 3.8) is 0 Å². The average Bonchev–Trinajstić information content (AvgIpc) is 3.29. The minimum Gasteiger partial charge on any atom is -0.350 e. The van der Waals surface area contributed by atoms with Gasteiger partial charge in [0.15, 0.2) is 0 Å². The van der Waals surface area contributed by atoms with Crippen molar-refractivity contribution in [2.75, 3.05) is 19.6 Å². The summed E-state index contributed by atoms with van der Waals surface area (Å²) in [6.45, 7) is 5.40. The lowest BCUT2D eigenvalue weighted by Gasteiger charge is -2.48. The number of benzene rings is 1. The van der Waals surface area contributed by atoms with E-state index in [0.717, 1.165) is 24.2 Å². The molecular weight excluding hydrogens is 332 g/mol. The van der Waals surface area contributed by atoms with E-state index in [1.165, 1.54) is 62.9 Å². The number of carbonyl (C=O) groups excluding carboxylic acids is 1. The van der Waals surface area contributed by atoms with Crippen LogP contribution in [0.4, 0.5) is 0 Å². The third-order valence-electron chi connectivity index (χ3n) is 7.92. The number of fused-ring (bicyclic) bond motifs is 4. The molecule has 144 valence electrons. The number of nitrogens with zero attached hydrogens (tertiary/aromatic N) is 1. The Bertz CT molecular complexity index is 747. The van der Waals surface area contributed by atoms with Crippen molar-refractivity contribution in [1.29, 1.82) is 0 Å². The van der Waals surface area contributed by atoms with Crippen LogP contribution >= 0.6 is 0 Å². The standard InChI is InChI=1S/C24H32N2O/c1-17(27)25-23-8-9-24(22-5-3-2-4-21(22)23)10-12-26(13-11-24)16-20-15-18-6-7-19(20)14-18/h2-7,18-20,23H,8-16H2,1H3,(H,25,27)/t18?,19?,20-,23+/m0/s1. The SMILES string of the molecule is CC(=O)N[C@@H]1CCC2(CCN(C[C@@H]3CC4C=CC3C4)CC2)c2ccccc21. The second-order valence-electron chi connectivity index (χ2n) is 9.50. The molecule has 4 aliphatic rings. The zero-order chi connectivity index (χ0) is 18.4. The van der Waals surface area contributed by atoms with E-state index in [4.69, 9.17) is 0 Å². The molecule has 1 saturated carbocycles. The molecule has 1 aromatic rings. The summed E-state index contributed by atoms with van der Waals surface area (Å²) in [6.07, 6.45) is 12.6. The molecule has 27 heavy (non-hydrogen) atoms. The molecule has 1 spiro atoms. The number of amides is 1. The molecule has 1 amide bonds. The Labute approximate surface area is 163 Å². The van der Waals surface area contributed by atoms with Gasteiger partial charge in [-0.3, -0.25) is 4.79 Å². The zero-order valence-corrected chi connectivity index (χ0v) is 16.5. The molecule has 0 radical (unpaired) electrons. The molecule has 4 atom stereocenters. The fourth-order valence-electron chi connectivity index (χ4n) is 6.51.